The van der Waals surface area contributed by atoms with Gasteiger partial charge in [0.15, 0.2) is 17.3 Å². The number of amides is 1. The SMILES string of the molecule is O=C(N[C@H](CN1CCCC1)[C@H](O)c1cc(Cl)c2c(c1)OCCO2)C(F)(F)c1cc2cc(Cl)ccc2o1. The molecule has 1 amide bonds. The molecule has 0 unspecified atom stereocenters. The second-order valence-electron chi connectivity index (χ2n) is 8.93. The Hall–Kier alpha value is -2.59. The van der Waals surface area contributed by atoms with Crippen LogP contribution in [-0.2, 0) is 10.7 Å². The van der Waals surface area contributed by atoms with Crippen LogP contribution in [0.5, 0.6) is 11.5 Å². The Bertz CT molecular complexity index is 1280. The van der Waals surface area contributed by atoms with Gasteiger partial charge in [0, 0.05) is 17.0 Å². The Balaban J connectivity index is 1.41. The zero-order chi connectivity index (χ0) is 25.4. The van der Waals surface area contributed by atoms with E-state index in [4.69, 9.17) is 37.1 Å². The number of carbonyl (C=O) groups excluding carboxylic acids is 1. The molecule has 2 N–H and O–H groups in total. The molecule has 11 heteroatoms. The van der Waals surface area contributed by atoms with Gasteiger partial charge in [0.2, 0.25) is 0 Å². The van der Waals surface area contributed by atoms with Crippen molar-refractivity contribution in [3.8, 4) is 11.5 Å². The minimum Gasteiger partial charge on any atom is -0.486 e. The van der Waals surface area contributed by atoms with Gasteiger partial charge in [-0.2, -0.15) is 8.78 Å². The molecule has 2 aliphatic rings. The average Bonchev–Trinajstić information content (AvgIpc) is 3.53. The van der Waals surface area contributed by atoms with Crippen LogP contribution in [0.2, 0.25) is 10.0 Å². The van der Waals surface area contributed by atoms with Gasteiger partial charge in [0.1, 0.15) is 24.9 Å². The van der Waals surface area contributed by atoms with Crippen LogP contribution in [0.3, 0.4) is 0 Å². The number of nitrogens with one attached hydrogen (secondary N) is 1. The smallest absolute Gasteiger partial charge is 0.380 e. The van der Waals surface area contributed by atoms with Crippen molar-refractivity contribution in [2.24, 2.45) is 0 Å². The Kier molecular flexibility index (Phi) is 7.00. The molecule has 36 heavy (non-hydrogen) atoms. The third-order valence-electron chi connectivity index (χ3n) is 6.38. The number of likely N-dealkylation sites (tertiary alicyclic amines) is 1. The maximum atomic E-state index is 15.2. The molecule has 5 rings (SSSR count). The first-order valence-electron chi connectivity index (χ1n) is 11.6. The standard InChI is InChI=1S/C25H24Cl2F2N2O5/c26-16-3-4-19-14(9-16)12-21(36-19)25(28,29)24(33)30-18(13-31-5-1-2-6-31)22(32)15-10-17(27)23-20(11-15)34-7-8-35-23/h3-4,9-12,18,22,32H,1-2,5-8,13H2,(H,30,33)/t18-,22-/m1/s1. The molecule has 192 valence electrons. The number of hydrogen-bond donors (Lipinski definition) is 2. The molecule has 2 atom stereocenters. The number of benzene rings is 2. The zero-order valence-corrected chi connectivity index (χ0v) is 20.6. The van der Waals surface area contributed by atoms with Gasteiger partial charge in [0.05, 0.1) is 11.1 Å². The molecule has 7 nitrogen and oxygen atoms in total. The number of alkyl halides is 2. The summed E-state index contributed by atoms with van der Waals surface area (Å²) in [4.78, 5) is 14.9. The first-order valence-corrected chi connectivity index (χ1v) is 12.4. The molecule has 1 fully saturated rings. The van der Waals surface area contributed by atoms with Crippen LogP contribution in [0.15, 0.2) is 40.8 Å². The number of aliphatic hydroxyl groups excluding tert-OH is 1. The van der Waals surface area contributed by atoms with E-state index in [1.165, 1.54) is 24.3 Å². The number of aliphatic hydroxyl groups is 1. The summed E-state index contributed by atoms with van der Waals surface area (Å²) in [6.07, 6.45) is 0.558. The predicted molar refractivity (Wildman–Crippen MR) is 130 cm³/mol. The maximum Gasteiger partial charge on any atom is 0.380 e. The molecule has 0 saturated carbocycles. The van der Waals surface area contributed by atoms with Crippen LogP contribution >= 0.6 is 23.2 Å². The van der Waals surface area contributed by atoms with Crippen LogP contribution in [0, 0.1) is 0 Å². The monoisotopic (exact) mass is 540 g/mol. The highest BCUT2D eigenvalue weighted by Crippen LogP contribution is 2.40. The van der Waals surface area contributed by atoms with Gasteiger partial charge in [-0.25, -0.2) is 0 Å². The Morgan fingerprint density at radius 1 is 1.11 bits per heavy atom. The van der Waals surface area contributed by atoms with Crippen molar-refractivity contribution in [3.05, 3.63) is 57.8 Å². The minimum absolute atomic E-state index is 0.171. The second kappa shape index (κ2) is 10.0. The summed E-state index contributed by atoms with van der Waals surface area (Å²) in [7, 11) is 0. The first-order chi connectivity index (χ1) is 17.2. The number of fused-ring (bicyclic) bond motifs is 2. The lowest BCUT2D eigenvalue weighted by molar-refractivity contribution is -0.151. The molecule has 1 aromatic heterocycles. The molecule has 1 saturated heterocycles. The van der Waals surface area contributed by atoms with Gasteiger partial charge in [-0.05, 0) is 67.9 Å². The molecule has 0 spiro atoms. The van der Waals surface area contributed by atoms with Crippen LogP contribution in [-0.4, -0.2) is 54.8 Å². The van der Waals surface area contributed by atoms with Crippen LogP contribution in [0.4, 0.5) is 8.78 Å². The second-order valence-corrected chi connectivity index (χ2v) is 9.77. The summed E-state index contributed by atoms with van der Waals surface area (Å²) in [5.74, 6) is -5.68. The highest BCUT2D eigenvalue weighted by Gasteiger charge is 2.46. The maximum absolute atomic E-state index is 15.2. The van der Waals surface area contributed by atoms with Crippen molar-refractivity contribution in [3.63, 3.8) is 0 Å². The van der Waals surface area contributed by atoms with E-state index in [-0.39, 0.29) is 17.2 Å². The van der Waals surface area contributed by atoms with Crippen molar-refractivity contribution >= 4 is 40.1 Å². The van der Waals surface area contributed by atoms with Crippen molar-refractivity contribution in [2.75, 3.05) is 32.8 Å². The minimum atomic E-state index is -3.99. The molecule has 3 heterocycles. The van der Waals surface area contributed by atoms with E-state index in [2.05, 4.69) is 5.32 Å². The number of rotatable bonds is 7. The fraction of sp³-hybridized carbons (Fsp3) is 0.400. The van der Waals surface area contributed by atoms with E-state index in [1.807, 2.05) is 4.90 Å². The fourth-order valence-corrected chi connectivity index (χ4v) is 5.00. The van der Waals surface area contributed by atoms with Gasteiger partial charge in [-0.3, -0.25) is 4.79 Å². The number of ether oxygens (including phenoxy) is 2. The lowest BCUT2D eigenvalue weighted by atomic mass is 10.00. The number of hydrogen-bond acceptors (Lipinski definition) is 6. The average molecular weight is 541 g/mol. The molecule has 2 aromatic carbocycles. The van der Waals surface area contributed by atoms with Crippen molar-refractivity contribution in [1.82, 2.24) is 10.2 Å². The Labute approximate surface area is 215 Å². The molecule has 0 aliphatic carbocycles. The zero-order valence-electron chi connectivity index (χ0n) is 19.1. The summed E-state index contributed by atoms with van der Waals surface area (Å²) in [6, 6.07) is 7.52. The molecule has 2 aliphatic heterocycles. The lowest BCUT2D eigenvalue weighted by Gasteiger charge is -2.30. The van der Waals surface area contributed by atoms with Crippen molar-refractivity contribution in [2.45, 2.75) is 30.9 Å². The fourth-order valence-electron chi connectivity index (χ4n) is 4.54. The van der Waals surface area contributed by atoms with Crippen molar-refractivity contribution in [1.29, 1.82) is 0 Å². The van der Waals surface area contributed by atoms with E-state index >= 15 is 8.78 Å². The number of furan rings is 1. The van der Waals surface area contributed by atoms with Gasteiger partial charge in [-0.1, -0.05) is 23.2 Å². The number of carbonyl (C=O) groups is 1. The summed E-state index contributed by atoms with van der Waals surface area (Å²) in [6.45, 7) is 2.30. The summed E-state index contributed by atoms with van der Waals surface area (Å²) in [5.41, 5.74) is 0.497. The number of halogens is 4. The number of nitrogens with zero attached hydrogens (tertiary/aromatic N) is 1. The van der Waals surface area contributed by atoms with Crippen LogP contribution in [0.25, 0.3) is 11.0 Å². The van der Waals surface area contributed by atoms with Gasteiger partial charge < -0.3 is 29.2 Å². The van der Waals surface area contributed by atoms with E-state index in [0.29, 0.717) is 40.7 Å². The van der Waals surface area contributed by atoms with Gasteiger partial charge in [0.25, 0.3) is 5.91 Å². The summed E-state index contributed by atoms with van der Waals surface area (Å²) < 4.78 is 46.8. The molecule has 0 radical (unpaired) electrons. The third kappa shape index (κ3) is 4.98. The molecular formula is C25H24Cl2F2N2O5. The van der Waals surface area contributed by atoms with Crippen LogP contribution < -0.4 is 14.8 Å². The summed E-state index contributed by atoms with van der Waals surface area (Å²) in [5, 5.41) is 14.5. The highest BCUT2D eigenvalue weighted by atomic mass is 35.5. The van der Waals surface area contributed by atoms with Crippen molar-refractivity contribution < 1.29 is 32.6 Å². The molecule has 0 bridgehead atoms. The lowest BCUT2D eigenvalue weighted by Crippen LogP contribution is -2.50. The van der Waals surface area contributed by atoms with Gasteiger partial charge >= 0.3 is 5.92 Å². The predicted octanol–water partition coefficient (Wildman–Crippen LogP) is 4.92. The van der Waals surface area contributed by atoms with Gasteiger partial charge in [-0.15, -0.1) is 0 Å². The molecular weight excluding hydrogens is 517 g/mol. The third-order valence-corrected chi connectivity index (χ3v) is 6.90. The Morgan fingerprint density at radius 3 is 2.64 bits per heavy atom. The Morgan fingerprint density at radius 2 is 1.86 bits per heavy atom. The quantitative estimate of drug-likeness (QED) is 0.442. The summed E-state index contributed by atoms with van der Waals surface area (Å²) >= 11 is 12.3. The normalized spacial score (nSPS) is 17.8. The highest BCUT2D eigenvalue weighted by molar-refractivity contribution is 6.32. The molecule has 3 aromatic rings. The van der Waals surface area contributed by atoms with E-state index in [1.54, 1.807) is 6.07 Å². The topological polar surface area (TPSA) is 84.2 Å². The first kappa shape index (κ1) is 25.1. The van der Waals surface area contributed by atoms with E-state index in [9.17, 15) is 9.90 Å². The largest absolute Gasteiger partial charge is 0.486 e. The van der Waals surface area contributed by atoms with Crippen LogP contribution in [0.1, 0.15) is 30.3 Å². The van der Waals surface area contributed by atoms with E-state index < -0.39 is 29.7 Å². The van der Waals surface area contributed by atoms with E-state index in [0.717, 1.165) is 32.0 Å².